The molecule has 0 aliphatic carbocycles. The fourth-order valence-electron chi connectivity index (χ4n) is 1.79. The van der Waals surface area contributed by atoms with Gasteiger partial charge in [-0.15, -0.1) is 11.8 Å². The molecule has 0 saturated carbocycles. The van der Waals surface area contributed by atoms with E-state index < -0.39 is 0 Å². The van der Waals surface area contributed by atoms with Crippen molar-refractivity contribution in [2.24, 2.45) is 5.73 Å². The van der Waals surface area contributed by atoms with Crippen LogP contribution >= 0.6 is 35.0 Å². The molecule has 0 fully saturated rings. The average Bonchev–Trinajstić information content (AvgIpc) is 2.41. The predicted octanol–water partition coefficient (Wildman–Crippen LogP) is 4.79. The third kappa shape index (κ3) is 4.38. The minimum atomic E-state index is -0.335. The summed E-state index contributed by atoms with van der Waals surface area (Å²) in [6.45, 7) is 0. The summed E-state index contributed by atoms with van der Waals surface area (Å²) in [7, 11) is 0. The number of halogens is 3. The summed E-state index contributed by atoms with van der Waals surface area (Å²) in [6.07, 6.45) is 0.608. The first kappa shape index (κ1) is 15.6. The van der Waals surface area contributed by atoms with Gasteiger partial charge in [-0.05, 0) is 36.2 Å². The summed E-state index contributed by atoms with van der Waals surface area (Å²) in [4.78, 5) is 1.01. The van der Waals surface area contributed by atoms with E-state index in [9.17, 15) is 4.39 Å². The average molecular weight is 330 g/mol. The van der Waals surface area contributed by atoms with Gasteiger partial charge in [0.05, 0.1) is 5.02 Å². The Hall–Kier alpha value is -0.740. The Morgan fingerprint density at radius 1 is 1.10 bits per heavy atom. The SMILES string of the molecule is NC(CSc1ccccc1Cl)Cc1ccc(F)cc1Cl. The number of benzene rings is 2. The summed E-state index contributed by atoms with van der Waals surface area (Å²) in [5.41, 5.74) is 6.96. The van der Waals surface area contributed by atoms with Gasteiger partial charge in [-0.25, -0.2) is 4.39 Å². The van der Waals surface area contributed by atoms with Crippen molar-refractivity contribution >= 4 is 35.0 Å². The van der Waals surface area contributed by atoms with Crippen molar-refractivity contribution in [3.8, 4) is 0 Å². The zero-order chi connectivity index (χ0) is 14.5. The number of nitrogens with two attached hydrogens (primary N) is 1. The van der Waals surface area contributed by atoms with E-state index in [4.69, 9.17) is 28.9 Å². The zero-order valence-electron chi connectivity index (χ0n) is 10.7. The molecule has 0 aliphatic heterocycles. The van der Waals surface area contributed by atoms with Crippen LogP contribution in [0.5, 0.6) is 0 Å². The molecule has 0 bridgehead atoms. The summed E-state index contributed by atoms with van der Waals surface area (Å²) >= 11 is 13.7. The molecule has 2 aromatic carbocycles. The Morgan fingerprint density at radius 3 is 2.55 bits per heavy atom. The van der Waals surface area contributed by atoms with E-state index in [1.165, 1.54) is 12.1 Å². The summed E-state index contributed by atoms with van der Waals surface area (Å²) in [6, 6.07) is 12.0. The fourth-order valence-corrected chi connectivity index (χ4v) is 3.22. The second-order valence-electron chi connectivity index (χ2n) is 4.44. The van der Waals surface area contributed by atoms with Crippen molar-refractivity contribution in [1.82, 2.24) is 0 Å². The monoisotopic (exact) mass is 329 g/mol. The maximum atomic E-state index is 13.0. The van der Waals surface area contributed by atoms with Crippen LogP contribution in [0.25, 0.3) is 0 Å². The van der Waals surface area contributed by atoms with Crippen molar-refractivity contribution in [1.29, 1.82) is 0 Å². The molecule has 1 unspecified atom stereocenters. The molecule has 1 atom stereocenters. The van der Waals surface area contributed by atoms with Crippen LogP contribution in [-0.2, 0) is 6.42 Å². The van der Waals surface area contributed by atoms with Crippen LogP contribution in [0.1, 0.15) is 5.56 Å². The topological polar surface area (TPSA) is 26.0 Å². The summed E-state index contributed by atoms with van der Waals surface area (Å²) in [5.74, 6) is 0.384. The molecule has 20 heavy (non-hydrogen) atoms. The first-order chi connectivity index (χ1) is 9.56. The number of hydrogen-bond donors (Lipinski definition) is 1. The molecule has 0 amide bonds. The normalized spacial score (nSPS) is 12.4. The summed E-state index contributed by atoms with van der Waals surface area (Å²) in [5, 5.41) is 1.15. The maximum absolute atomic E-state index is 13.0. The minimum absolute atomic E-state index is 0.0702. The molecule has 0 spiro atoms. The molecule has 106 valence electrons. The van der Waals surface area contributed by atoms with Crippen LogP contribution in [0.3, 0.4) is 0 Å². The quantitative estimate of drug-likeness (QED) is 0.798. The van der Waals surface area contributed by atoms with E-state index in [0.717, 1.165) is 21.2 Å². The van der Waals surface area contributed by atoms with E-state index in [1.807, 2.05) is 24.3 Å². The minimum Gasteiger partial charge on any atom is -0.327 e. The van der Waals surface area contributed by atoms with Crippen LogP contribution in [0.2, 0.25) is 10.0 Å². The molecule has 0 heterocycles. The molecule has 5 heteroatoms. The smallest absolute Gasteiger partial charge is 0.124 e. The van der Waals surface area contributed by atoms with E-state index in [0.29, 0.717) is 11.4 Å². The van der Waals surface area contributed by atoms with Crippen LogP contribution < -0.4 is 5.73 Å². The molecule has 0 aliphatic rings. The van der Waals surface area contributed by atoms with Crippen molar-refractivity contribution in [2.75, 3.05) is 5.75 Å². The fraction of sp³-hybridized carbons (Fsp3) is 0.200. The third-order valence-electron chi connectivity index (χ3n) is 2.79. The van der Waals surface area contributed by atoms with Gasteiger partial charge in [0.2, 0.25) is 0 Å². The molecule has 2 aromatic rings. The molecule has 0 saturated heterocycles. The molecule has 2 N–H and O–H groups in total. The van der Waals surface area contributed by atoms with Crippen LogP contribution in [0.4, 0.5) is 4.39 Å². The molecule has 0 aromatic heterocycles. The molecule has 0 radical (unpaired) electrons. The Kier molecular flexibility index (Phi) is 5.73. The highest BCUT2D eigenvalue weighted by atomic mass is 35.5. The molecule has 2 rings (SSSR count). The van der Waals surface area contributed by atoms with Gasteiger partial charge in [-0.3, -0.25) is 0 Å². The van der Waals surface area contributed by atoms with Gasteiger partial charge in [0, 0.05) is 21.7 Å². The van der Waals surface area contributed by atoms with E-state index >= 15 is 0 Å². The third-order valence-corrected chi connectivity index (χ3v) is 4.84. The zero-order valence-corrected chi connectivity index (χ0v) is 13.0. The van der Waals surface area contributed by atoms with Crippen LogP contribution in [0, 0.1) is 5.82 Å². The lowest BCUT2D eigenvalue weighted by molar-refractivity contribution is 0.626. The standard InChI is InChI=1S/C15H14Cl2FNS/c16-13-3-1-2-4-15(13)20-9-12(19)7-10-5-6-11(18)8-14(10)17/h1-6,8,12H,7,9,19H2. The highest BCUT2D eigenvalue weighted by Gasteiger charge is 2.10. The second-order valence-corrected chi connectivity index (χ2v) is 6.32. The first-order valence-electron chi connectivity index (χ1n) is 6.13. The molecular formula is C15H14Cl2FNS. The van der Waals surface area contributed by atoms with Crippen molar-refractivity contribution in [2.45, 2.75) is 17.4 Å². The van der Waals surface area contributed by atoms with Gasteiger partial charge in [0.15, 0.2) is 0 Å². The Labute approximate surface area is 132 Å². The van der Waals surface area contributed by atoms with E-state index in [2.05, 4.69) is 0 Å². The van der Waals surface area contributed by atoms with Gasteiger partial charge < -0.3 is 5.73 Å². The second kappa shape index (κ2) is 7.32. The number of rotatable bonds is 5. The van der Waals surface area contributed by atoms with Gasteiger partial charge in [-0.2, -0.15) is 0 Å². The largest absolute Gasteiger partial charge is 0.327 e. The molecule has 1 nitrogen and oxygen atoms in total. The first-order valence-corrected chi connectivity index (χ1v) is 7.87. The summed E-state index contributed by atoms with van der Waals surface area (Å²) < 4.78 is 13.0. The van der Waals surface area contributed by atoms with Gasteiger partial charge in [0.1, 0.15) is 5.82 Å². The lowest BCUT2D eigenvalue weighted by Crippen LogP contribution is -2.25. The van der Waals surface area contributed by atoms with Crippen molar-refractivity contribution in [3.05, 3.63) is 63.9 Å². The van der Waals surface area contributed by atoms with Crippen molar-refractivity contribution in [3.63, 3.8) is 0 Å². The molecular weight excluding hydrogens is 316 g/mol. The lowest BCUT2D eigenvalue weighted by Gasteiger charge is -2.13. The Bertz CT molecular complexity index is 592. The number of thioether (sulfide) groups is 1. The van der Waals surface area contributed by atoms with Crippen LogP contribution in [-0.4, -0.2) is 11.8 Å². The number of hydrogen-bond acceptors (Lipinski definition) is 2. The van der Waals surface area contributed by atoms with Crippen molar-refractivity contribution < 1.29 is 4.39 Å². The van der Waals surface area contributed by atoms with Crippen LogP contribution in [0.15, 0.2) is 47.4 Å². The van der Waals surface area contributed by atoms with Gasteiger partial charge in [-0.1, -0.05) is 41.4 Å². The highest BCUT2D eigenvalue weighted by molar-refractivity contribution is 7.99. The van der Waals surface area contributed by atoms with E-state index in [1.54, 1.807) is 17.8 Å². The Balaban J connectivity index is 1.92. The lowest BCUT2D eigenvalue weighted by atomic mass is 10.1. The van der Waals surface area contributed by atoms with Gasteiger partial charge >= 0.3 is 0 Å². The Morgan fingerprint density at radius 2 is 1.85 bits per heavy atom. The van der Waals surface area contributed by atoms with Gasteiger partial charge in [0.25, 0.3) is 0 Å². The van der Waals surface area contributed by atoms with E-state index in [-0.39, 0.29) is 11.9 Å². The maximum Gasteiger partial charge on any atom is 0.124 e. The predicted molar refractivity (Wildman–Crippen MR) is 85.3 cm³/mol. The highest BCUT2D eigenvalue weighted by Crippen LogP contribution is 2.27.